The van der Waals surface area contributed by atoms with Crippen molar-refractivity contribution in [2.75, 3.05) is 46.4 Å². The summed E-state index contributed by atoms with van der Waals surface area (Å²) in [5, 5.41) is 6.26. The van der Waals surface area contributed by atoms with Gasteiger partial charge in [-0.3, -0.25) is 4.99 Å². The molecule has 0 bridgehead atoms. The van der Waals surface area contributed by atoms with Crippen LogP contribution < -0.4 is 10.6 Å². The van der Waals surface area contributed by atoms with Gasteiger partial charge in [-0.15, -0.1) is 24.0 Å². The molecule has 29 heavy (non-hydrogen) atoms. The molecule has 1 unspecified atom stereocenters. The first-order chi connectivity index (χ1) is 13.2. The molecule has 1 fully saturated rings. The Labute approximate surface area is 192 Å². The number of ether oxygens (including phenoxy) is 2. The Balaban J connectivity index is 0.00000784. The Kier molecular flexibility index (Phi) is 13.0. The van der Waals surface area contributed by atoms with E-state index in [-0.39, 0.29) is 36.1 Å². The third-order valence-corrected chi connectivity index (χ3v) is 4.18. The van der Waals surface area contributed by atoms with E-state index in [2.05, 4.69) is 27.4 Å². The molecule has 1 rings (SSSR count). The van der Waals surface area contributed by atoms with Crippen LogP contribution in [0.5, 0.6) is 0 Å². The lowest BCUT2D eigenvalue weighted by Crippen LogP contribution is -2.55. The second-order valence-electron chi connectivity index (χ2n) is 7.73. The molecular formula is C19H38IN5O4. The fourth-order valence-electron chi connectivity index (χ4n) is 2.91. The molecule has 0 radical (unpaired) electrons. The highest BCUT2D eigenvalue weighted by Crippen LogP contribution is 2.08. The molecule has 0 saturated carbocycles. The van der Waals surface area contributed by atoms with Crippen LogP contribution in [0, 0.1) is 0 Å². The number of hydrogen-bond donors (Lipinski definition) is 2. The molecule has 170 valence electrons. The number of nitrogens with zero attached hydrogens (tertiary/aromatic N) is 3. The second kappa shape index (κ2) is 13.7. The van der Waals surface area contributed by atoms with E-state index >= 15 is 0 Å². The lowest BCUT2D eigenvalue weighted by Gasteiger charge is -2.36. The summed E-state index contributed by atoms with van der Waals surface area (Å²) in [6, 6.07) is -0.0579. The molecule has 0 spiro atoms. The predicted octanol–water partition coefficient (Wildman–Crippen LogP) is 2.65. The number of halogens is 1. The molecule has 1 saturated heterocycles. The fraction of sp³-hybridized carbons (Fsp3) is 0.842. The number of nitrogens with one attached hydrogen (secondary N) is 2. The van der Waals surface area contributed by atoms with Crippen LogP contribution in [-0.4, -0.2) is 86.0 Å². The fourth-order valence-corrected chi connectivity index (χ4v) is 2.91. The molecule has 1 aliphatic rings. The monoisotopic (exact) mass is 527 g/mol. The first kappa shape index (κ1) is 27.5. The van der Waals surface area contributed by atoms with Crippen LogP contribution in [0.4, 0.5) is 9.59 Å². The first-order valence-corrected chi connectivity index (χ1v) is 10.1. The van der Waals surface area contributed by atoms with Crippen LogP contribution >= 0.6 is 24.0 Å². The first-order valence-electron chi connectivity index (χ1n) is 10.1. The van der Waals surface area contributed by atoms with Gasteiger partial charge in [0.25, 0.3) is 0 Å². The smallest absolute Gasteiger partial charge is 0.409 e. The van der Waals surface area contributed by atoms with E-state index in [0.717, 1.165) is 18.8 Å². The maximum atomic E-state index is 12.1. The van der Waals surface area contributed by atoms with E-state index in [9.17, 15) is 9.59 Å². The number of aliphatic imine (C=N–C) groups is 1. The van der Waals surface area contributed by atoms with Crippen molar-refractivity contribution in [3.8, 4) is 0 Å². The normalized spacial score (nSPS) is 15.9. The van der Waals surface area contributed by atoms with Gasteiger partial charge in [0.1, 0.15) is 5.60 Å². The average Bonchev–Trinajstić information content (AvgIpc) is 2.61. The third-order valence-electron chi connectivity index (χ3n) is 4.18. The number of amides is 2. The van der Waals surface area contributed by atoms with Crippen molar-refractivity contribution in [2.24, 2.45) is 4.99 Å². The Hall–Kier alpha value is -1.46. The molecule has 0 aliphatic carbocycles. The molecular weight excluding hydrogens is 489 g/mol. The number of guanidine groups is 1. The van der Waals surface area contributed by atoms with Crippen LogP contribution in [0.2, 0.25) is 0 Å². The van der Waals surface area contributed by atoms with Crippen molar-refractivity contribution < 1.29 is 19.1 Å². The SMILES string of the molecule is CCCC(CNC(=NC)N1CCN(C(=O)OCC)CC1)NC(=O)OC(C)(C)C.I. The van der Waals surface area contributed by atoms with Crippen LogP contribution in [0.25, 0.3) is 0 Å². The topological polar surface area (TPSA) is 95.5 Å². The minimum absolute atomic E-state index is 0. The Morgan fingerprint density at radius 2 is 1.69 bits per heavy atom. The summed E-state index contributed by atoms with van der Waals surface area (Å²) in [6.07, 6.45) is 1.10. The second-order valence-corrected chi connectivity index (χ2v) is 7.73. The summed E-state index contributed by atoms with van der Waals surface area (Å²) in [7, 11) is 1.73. The van der Waals surface area contributed by atoms with Gasteiger partial charge in [0.05, 0.1) is 6.61 Å². The van der Waals surface area contributed by atoms with E-state index in [1.165, 1.54) is 0 Å². The van der Waals surface area contributed by atoms with Gasteiger partial charge in [-0.25, -0.2) is 9.59 Å². The molecule has 2 N–H and O–H groups in total. The van der Waals surface area contributed by atoms with E-state index < -0.39 is 11.7 Å². The molecule has 2 amide bonds. The highest BCUT2D eigenvalue weighted by atomic mass is 127. The van der Waals surface area contributed by atoms with Gasteiger partial charge in [-0.1, -0.05) is 13.3 Å². The quantitative estimate of drug-likeness (QED) is 0.314. The van der Waals surface area contributed by atoms with Crippen LogP contribution in [0.15, 0.2) is 4.99 Å². The highest BCUT2D eigenvalue weighted by Gasteiger charge is 2.24. The van der Waals surface area contributed by atoms with Crippen molar-refractivity contribution in [2.45, 2.75) is 59.1 Å². The van der Waals surface area contributed by atoms with E-state index in [1.54, 1.807) is 18.9 Å². The molecule has 1 aliphatic heterocycles. The maximum absolute atomic E-state index is 12.1. The Bertz CT molecular complexity index is 531. The summed E-state index contributed by atoms with van der Waals surface area (Å²) in [4.78, 5) is 32.0. The van der Waals surface area contributed by atoms with Gasteiger partial charge < -0.3 is 29.9 Å². The molecule has 1 heterocycles. The standard InChI is InChI=1S/C19H37N5O4.HI/c1-7-9-15(22-17(25)28-19(3,4)5)14-21-16(20-6)23-10-12-24(13-11-23)18(26)27-8-2;/h15H,7-14H2,1-6H3,(H,20,21)(H,22,25);1H. The van der Waals surface area contributed by atoms with Crippen molar-refractivity contribution >= 4 is 42.1 Å². The predicted molar refractivity (Wildman–Crippen MR) is 125 cm³/mol. The van der Waals surface area contributed by atoms with E-state index in [4.69, 9.17) is 9.47 Å². The zero-order valence-corrected chi connectivity index (χ0v) is 20.9. The maximum Gasteiger partial charge on any atom is 0.409 e. The average molecular weight is 527 g/mol. The molecule has 9 nitrogen and oxygen atoms in total. The Morgan fingerprint density at radius 1 is 1.10 bits per heavy atom. The van der Waals surface area contributed by atoms with E-state index in [1.807, 2.05) is 20.8 Å². The molecule has 0 aromatic rings. The number of carbonyl (C=O) groups is 2. The highest BCUT2D eigenvalue weighted by molar-refractivity contribution is 14.0. The zero-order valence-electron chi connectivity index (χ0n) is 18.6. The van der Waals surface area contributed by atoms with Crippen LogP contribution in [-0.2, 0) is 9.47 Å². The van der Waals surface area contributed by atoms with Gasteiger partial charge in [0.15, 0.2) is 5.96 Å². The summed E-state index contributed by atoms with van der Waals surface area (Å²) in [6.45, 7) is 12.9. The van der Waals surface area contributed by atoms with Crippen molar-refractivity contribution in [1.82, 2.24) is 20.4 Å². The van der Waals surface area contributed by atoms with Gasteiger partial charge in [0.2, 0.25) is 0 Å². The lowest BCUT2D eigenvalue weighted by atomic mass is 10.1. The molecule has 1 atom stereocenters. The van der Waals surface area contributed by atoms with Crippen molar-refractivity contribution in [3.63, 3.8) is 0 Å². The number of rotatable bonds is 6. The van der Waals surface area contributed by atoms with Crippen LogP contribution in [0.1, 0.15) is 47.5 Å². The summed E-state index contributed by atoms with van der Waals surface area (Å²) < 4.78 is 10.4. The van der Waals surface area contributed by atoms with Crippen molar-refractivity contribution in [3.05, 3.63) is 0 Å². The van der Waals surface area contributed by atoms with Gasteiger partial charge in [-0.2, -0.15) is 0 Å². The largest absolute Gasteiger partial charge is 0.450 e. The Morgan fingerprint density at radius 3 is 2.17 bits per heavy atom. The minimum Gasteiger partial charge on any atom is -0.450 e. The molecule has 10 heteroatoms. The van der Waals surface area contributed by atoms with Crippen molar-refractivity contribution in [1.29, 1.82) is 0 Å². The number of piperazine rings is 1. The summed E-state index contributed by atoms with van der Waals surface area (Å²) in [5.41, 5.74) is -0.525. The van der Waals surface area contributed by atoms with Gasteiger partial charge in [-0.05, 0) is 34.1 Å². The number of carbonyl (C=O) groups excluding carboxylic acids is 2. The number of alkyl carbamates (subject to hydrolysis) is 1. The third kappa shape index (κ3) is 10.8. The number of hydrogen-bond acceptors (Lipinski definition) is 5. The van der Waals surface area contributed by atoms with Crippen LogP contribution in [0.3, 0.4) is 0 Å². The van der Waals surface area contributed by atoms with Gasteiger partial charge >= 0.3 is 12.2 Å². The van der Waals surface area contributed by atoms with Gasteiger partial charge in [0, 0.05) is 45.8 Å². The summed E-state index contributed by atoms with van der Waals surface area (Å²) in [5.74, 6) is 0.760. The molecule has 0 aromatic heterocycles. The molecule has 0 aromatic carbocycles. The minimum atomic E-state index is -0.525. The summed E-state index contributed by atoms with van der Waals surface area (Å²) >= 11 is 0. The lowest BCUT2D eigenvalue weighted by molar-refractivity contribution is 0.0502. The zero-order chi connectivity index (χ0) is 21.2. The van der Waals surface area contributed by atoms with E-state index in [0.29, 0.717) is 39.3 Å².